The zero-order valence-electron chi connectivity index (χ0n) is 19.4. The molecule has 0 radical (unpaired) electrons. The van der Waals surface area contributed by atoms with E-state index < -0.39 is 6.04 Å². The van der Waals surface area contributed by atoms with Crippen molar-refractivity contribution in [1.29, 1.82) is 0 Å². The zero-order chi connectivity index (χ0) is 24.5. The topological polar surface area (TPSA) is 80.5 Å². The molecule has 1 N–H and O–H groups in total. The summed E-state index contributed by atoms with van der Waals surface area (Å²) in [7, 11) is 1.62. The standard InChI is InChI=1S/C27H23ClN4O3/c1-16-9-12-20(15-22(16)28)32-17(2)23(24(29-27(32)33)18-7-5-4-6-8-18)26-30-25(31-35-26)19-10-13-21(34-3)14-11-19/h4-15,24H,1-3H3,(H,29,33). The van der Waals surface area contributed by atoms with Crippen molar-refractivity contribution in [3.05, 3.63) is 101 Å². The molecule has 1 aliphatic heterocycles. The van der Waals surface area contributed by atoms with Crippen molar-refractivity contribution < 1.29 is 14.1 Å². The van der Waals surface area contributed by atoms with E-state index in [0.717, 1.165) is 22.4 Å². The molecule has 176 valence electrons. The second-order valence-electron chi connectivity index (χ2n) is 8.21. The lowest BCUT2D eigenvalue weighted by Gasteiger charge is -2.35. The van der Waals surface area contributed by atoms with E-state index in [4.69, 9.17) is 25.8 Å². The highest BCUT2D eigenvalue weighted by atomic mass is 35.5. The van der Waals surface area contributed by atoms with Crippen LogP contribution in [0.2, 0.25) is 5.02 Å². The smallest absolute Gasteiger partial charge is 0.326 e. The number of methoxy groups -OCH3 is 1. The third-order valence-electron chi connectivity index (χ3n) is 6.04. The summed E-state index contributed by atoms with van der Waals surface area (Å²) in [6, 6.07) is 21.9. The van der Waals surface area contributed by atoms with Crippen LogP contribution in [0.5, 0.6) is 5.75 Å². The van der Waals surface area contributed by atoms with Gasteiger partial charge in [-0.05, 0) is 61.4 Å². The maximum Gasteiger partial charge on any atom is 0.326 e. The van der Waals surface area contributed by atoms with E-state index >= 15 is 0 Å². The van der Waals surface area contributed by atoms with Gasteiger partial charge in [0.25, 0.3) is 5.89 Å². The minimum absolute atomic E-state index is 0.269. The number of ether oxygens (including phenoxy) is 1. The number of hydrogen-bond acceptors (Lipinski definition) is 5. The summed E-state index contributed by atoms with van der Waals surface area (Å²) in [5.41, 5.74) is 4.65. The Balaban J connectivity index is 1.63. The third kappa shape index (κ3) is 4.26. The van der Waals surface area contributed by atoms with E-state index in [1.54, 1.807) is 18.1 Å². The molecule has 0 bridgehead atoms. The highest BCUT2D eigenvalue weighted by Gasteiger charge is 2.36. The van der Waals surface area contributed by atoms with E-state index in [1.807, 2.05) is 80.6 Å². The Morgan fingerprint density at radius 3 is 2.46 bits per heavy atom. The molecular weight excluding hydrogens is 464 g/mol. The molecule has 0 aliphatic carbocycles. The van der Waals surface area contributed by atoms with Gasteiger partial charge < -0.3 is 14.6 Å². The van der Waals surface area contributed by atoms with Crippen LogP contribution in [-0.2, 0) is 0 Å². The largest absolute Gasteiger partial charge is 0.497 e. The van der Waals surface area contributed by atoms with Crippen molar-refractivity contribution in [3.63, 3.8) is 0 Å². The number of halogens is 1. The number of carbonyl (C=O) groups excluding carboxylic acids is 1. The van der Waals surface area contributed by atoms with Gasteiger partial charge in [-0.2, -0.15) is 4.98 Å². The van der Waals surface area contributed by atoms with Gasteiger partial charge in [0.05, 0.1) is 24.4 Å². The van der Waals surface area contributed by atoms with Gasteiger partial charge in [0.15, 0.2) is 0 Å². The summed E-state index contributed by atoms with van der Waals surface area (Å²) in [5.74, 6) is 1.50. The number of nitrogens with zero attached hydrogens (tertiary/aromatic N) is 3. The first kappa shape index (κ1) is 22.7. The summed E-state index contributed by atoms with van der Waals surface area (Å²) < 4.78 is 11.0. The fraction of sp³-hybridized carbons (Fsp3) is 0.148. The van der Waals surface area contributed by atoms with Crippen LogP contribution in [-0.4, -0.2) is 23.3 Å². The second kappa shape index (κ2) is 9.27. The molecule has 2 amide bonds. The predicted octanol–water partition coefficient (Wildman–Crippen LogP) is 6.41. The van der Waals surface area contributed by atoms with Crippen LogP contribution in [0.15, 0.2) is 83.0 Å². The van der Waals surface area contributed by atoms with Crippen LogP contribution < -0.4 is 15.0 Å². The molecule has 3 aromatic carbocycles. The maximum atomic E-state index is 13.3. The van der Waals surface area contributed by atoms with E-state index in [9.17, 15) is 4.79 Å². The molecule has 2 heterocycles. The van der Waals surface area contributed by atoms with Crippen LogP contribution in [0.3, 0.4) is 0 Å². The molecule has 0 fully saturated rings. The van der Waals surface area contributed by atoms with Crippen molar-refractivity contribution in [2.45, 2.75) is 19.9 Å². The molecular formula is C27H23ClN4O3. The quantitative estimate of drug-likeness (QED) is 0.352. The van der Waals surface area contributed by atoms with Crippen molar-refractivity contribution >= 4 is 28.9 Å². The van der Waals surface area contributed by atoms with E-state index in [0.29, 0.717) is 33.7 Å². The number of rotatable bonds is 5. The lowest BCUT2D eigenvalue weighted by molar-refractivity contribution is 0.244. The monoisotopic (exact) mass is 486 g/mol. The van der Waals surface area contributed by atoms with Gasteiger partial charge in [0.2, 0.25) is 5.82 Å². The Hall–Kier alpha value is -4.10. The Bertz CT molecular complexity index is 1410. The SMILES string of the molecule is COc1ccc(-c2noc(C3=C(C)N(c4ccc(C)c(Cl)c4)C(=O)NC3c3ccccc3)n2)cc1. The average molecular weight is 487 g/mol. The van der Waals surface area contributed by atoms with Crippen LogP contribution in [0.4, 0.5) is 10.5 Å². The number of aryl methyl sites for hydroxylation is 1. The summed E-state index contributed by atoms with van der Waals surface area (Å²) in [5, 5.41) is 7.89. The Morgan fingerprint density at radius 1 is 1.03 bits per heavy atom. The Labute approximate surface area is 208 Å². The van der Waals surface area contributed by atoms with Crippen molar-refractivity contribution in [2.24, 2.45) is 0 Å². The molecule has 0 spiro atoms. The number of carbonyl (C=O) groups is 1. The minimum atomic E-state index is -0.468. The molecule has 35 heavy (non-hydrogen) atoms. The van der Waals surface area contributed by atoms with Crippen LogP contribution in [0, 0.1) is 6.92 Å². The van der Waals surface area contributed by atoms with Gasteiger partial charge in [0.1, 0.15) is 5.75 Å². The van der Waals surface area contributed by atoms with Gasteiger partial charge in [-0.15, -0.1) is 0 Å². The first-order valence-corrected chi connectivity index (χ1v) is 11.4. The first-order valence-electron chi connectivity index (χ1n) is 11.1. The summed E-state index contributed by atoms with van der Waals surface area (Å²) in [4.78, 5) is 19.6. The molecule has 1 atom stereocenters. The van der Waals surface area contributed by atoms with E-state index in [-0.39, 0.29) is 6.03 Å². The predicted molar refractivity (Wildman–Crippen MR) is 135 cm³/mol. The van der Waals surface area contributed by atoms with Gasteiger partial charge in [-0.25, -0.2) is 4.79 Å². The van der Waals surface area contributed by atoms with E-state index in [1.165, 1.54) is 0 Å². The number of benzene rings is 3. The normalized spacial score (nSPS) is 15.8. The fourth-order valence-electron chi connectivity index (χ4n) is 4.14. The lowest BCUT2D eigenvalue weighted by atomic mass is 9.94. The fourth-order valence-corrected chi connectivity index (χ4v) is 4.31. The molecule has 7 nitrogen and oxygen atoms in total. The molecule has 1 unspecified atom stereocenters. The molecule has 1 aromatic heterocycles. The molecule has 0 saturated carbocycles. The minimum Gasteiger partial charge on any atom is -0.497 e. The van der Waals surface area contributed by atoms with Gasteiger partial charge in [-0.1, -0.05) is 53.2 Å². The number of amides is 2. The first-order chi connectivity index (χ1) is 17.0. The van der Waals surface area contributed by atoms with Crippen LogP contribution >= 0.6 is 11.6 Å². The summed E-state index contributed by atoms with van der Waals surface area (Å²) >= 11 is 6.37. The molecule has 1 aliphatic rings. The molecule has 4 aromatic rings. The van der Waals surface area contributed by atoms with Gasteiger partial charge in [0, 0.05) is 16.3 Å². The average Bonchev–Trinajstić information content (AvgIpc) is 3.36. The highest BCUT2D eigenvalue weighted by molar-refractivity contribution is 6.31. The summed E-state index contributed by atoms with van der Waals surface area (Å²) in [6.07, 6.45) is 0. The number of aromatic nitrogens is 2. The lowest BCUT2D eigenvalue weighted by Crippen LogP contribution is -2.46. The maximum absolute atomic E-state index is 13.3. The number of urea groups is 1. The highest BCUT2D eigenvalue weighted by Crippen LogP contribution is 2.39. The van der Waals surface area contributed by atoms with Crippen LogP contribution in [0.1, 0.15) is 30.0 Å². The Kier molecular flexibility index (Phi) is 6.01. The number of allylic oxidation sites excluding steroid dienone is 1. The number of anilines is 1. The third-order valence-corrected chi connectivity index (χ3v) is 6.44. The molecule has 8 heteroatoms. The van der Waals surface area contributed by atoms with Crippen molar-refractivity contribution in [2.75, 3.05) is 12.0 Å². The van der Waals surface area contributed by atoms with E-state index in [2.05, 4.69) is 10.5 Å². The van der Waals surface area contributed by atoms with Gasteiger partial charge in [-0.3, -0.25) is 4.90 Å². The zero-order valence-corrected chi connectivity index (χ0v) is 20.2. The number of nitrogens with one attached hydrogen (secondary N) is 1. The number of hydrogen-bond donors (Lipinski definition) is 1. The van der Waals surface area contributed by atoms with Crippen LogP contribution in [0.25, 0.3) is 17.0 Å². The van der Waals surface area contributed by atoms with Crippen molar-refractivity contribution in [3.8, 4) is 17.1 Å². The summed E-state index contributed by atoms with van der Waals surface area (Å²) in [6.45, 7) is 3.79. The molecule has 0 saturated heterocycles. The van der Waals surface area contributed by atoms with Crippen molar-refractivity contribution in [1.82, 2.24) is 15.5 Å². The van der Waals surface area contributed by atoms with Gasteiger partial charge >= 0.3 is 6.03 Å². The molecule has 5 rings (SSSR count). The second-order valence-corrected chi connectivity index (χ2v) is 8.62. The Morgan fingerprint density at radius 2 is 1.77 bits per heavy atom.